The fourth-order valence-corrected chi connectivity index (χ4v) is 3.81. The molecule has 1 aliphatic heterocycles. The average molecular weight is 330 g/mol. The molecule has 3 N–H and O–H groups in total. The lowest BCUT2D eigenvalue weighted by Gasteiger charge is -2.20. The highest BCUT2D eigenvalue weighted by atomic mass is 32.1. The molecule has 0 saturated carbocycles. The molecule has 23 heavy (non-hydrogen) atoms. The highest BCUT2D eigenvalue weighted by Crippen LogP contribution is 2.28. The molecule has 0 fully saturated rings. The number of primary amides is 1. The van der Waals surface area contributed by atoms with Gasteiger partial charge in [-0.15, -0.1) is 11.3 Å². The molecule has 120 valence electrons. The molecule has 0 saturated heterocycles. The molecular formula is C16H18N4O2S. The predicted molar refractivity (Wildman–Crippen MR) is 89.8 cm³/mol. The molecule has 0 atom stereocenters. The lowest BCUT2D eigenvalue weighted by molar-refractivity contribution is 0.0976. The highest BCUT2D eigenvalue weighted by Gasteiger charge is 2.21. The van der Waals surface area contributed by atoms with Gasteiger partial charge in [0, 0.05) is 24.4 Å². The number of hydrogen-bond acceptors (Lipinski definition) is 5. The number of rotatable bonds is 3. The molecule has 0 bridgehead atoms. The van der Waals surface area contributed by atoms with Gasteiger partial charge in [0.25, 0.3) is 5.91 Å². The van der Waals surface area contributed by atoms with Crippen molar-refractivity contribution in [1.82, 2.24) is 9.88 Å². The van der Waals surface area contributed by atoms with Crippen molar-refractivity contribution in [3.63, 3.8) is 0 Å². The van der Waals surface area contributed by atoms with Crippen LogP contribution in [0.1, 0.15) is 36.9 Å². The largest absolute Gasteiger partial charge is 0.366 e. The van der Waals surface area contributed by atoms with E-state index >= 15 is 0 Å². The first-order valence-corrected chi connectivity index (χ1v) is 8.15. The van der Waals surface area contributed by atoms with Crippen LogP contribution in [0, 0.1) is 6.92 Å². The number of thiazole rings is 1. The van der Waals surface area contributed by atoms with Gasteiger partial charge in [-0.3, -0.25) is 14.9 Å². The summed E-state index contributed by atoms with van der Waals surface area (Å²) < 4.78 is 0. The molecular weight excluding hydrogens is 312 g/mol. The van der Waals surface area contributed by atoms with Crippen molar-refractivity contribution in [2.75, 3.05) is 18.9 Å². The summed E-state index contributed by atoms with van der Waals surface area (Å²) in [4.78, 5) is 32.0. The molecule has 0 spiro atoms. The van der Waals surface area contributed by atoms with E-state index in [9.17, 15) is 9.59 Å². The molecule has 7 heteroatoms. The predicted octanol–water partition coefficient (Wildman–Crippen LogP) is 1.79. The zero-order valence-electron chi connectivity index (χ0n) is 13.0. The first kappa shape index (κ1) is 15.6. The maximum absolute atomic E-state index is 12.5. The zero-order valence-corrected chi connectivity index (χ0v) is 13.9. The molecule has 2 heterocycles. The lowest BCUT2D eigenvalue weighted by Crippen LogP contribution is -2.25. The number of anilines is 1. The second-order valence-electron chi connectivity index (χ2n) is 5.69. The van der Waals surface area contributed by atoms with Crippen LogP contribution in [0.25, 0.3) is 0 Å². The highest BCUT2D eigenvalue weighted by molar-refractivity contribution is 7.15. The Morgan fingerprint density at radius 2 is 2.17 bits per heavy atom. The smallest absolute Gasteiger partial charge is 0.258 e. The van der Waals surface area contributed by atoms with Crippen molar-refractivity contribution < 1.29 is 9.59 Å². The Labute approximate surface area is 138 Å². The summed E-state index contributed by atoms with van der Waals surface area (Å²) in [6.07, 6.45) is 0.884. The van der Waals surface area contributed by atoms with Gasteiger partial charge in [0.2, 0.25) is 5.91 Å². The first-order chi connectivity index (χ1) is 11.0. The van der Waals surface area contributed by atoms with E-state index in [2.05, 4.69) is 22.2 Å². The molecule has 0 aliphatic carbocycles. The van der Waals surface area contributed by atoms with E-state index in [1.807, 2.05) is 0 Å². The Bertz CT molecular complexity index is 784. The number of nitrogens with one attached hydrogen (secondary N) is 1. The third-order valence-corrected chi connectivity index (χ3v) is 4.90. The fraction of sp³-hybridized carbons (Fsp3) is 0.312. The van der Waals surface area contributed by atoms with E-state index in [1.165, 1.54) is 16.2 Å². The lowest BCUT2D eigenvalue weighted by atomic mass is 10.0. The molecule has 1 aromatic carbocycles. The minimum absolute atomic E-state index is 0.256. The van der Waals surface area contributed by atoms with Crippen LogP contribution in [0.2, 0.25) is 0 Å². The minimum Gasteiger partial charge on any atom is -0.366 e. The van der Waals surface area contributed by atoms with Crippen molar-refractivity contribution in [2.24, 2.45) is 5.73 Å². The Morgan fingerprint density at radius 3 is 2.91 bits per heavy atom. The summed E-state index contributed by atoms with van der Waals surface area (Å²) in [6.45, 7) is 3.57. The normalized spacial score (nSPS) is 14.3. The average Bonchev–Trinajstić information content (AvgIpc) is 2.87. The maximum atomic E-state index is 12.5. The third kappa shape index (κ3) is 3.11. The molecule has 6 nitrogen and oxygen atoms in total. The van der Waals surface area contributed by atoms with Crippen LogP contribution >= 0.6 is 11.3 Å². The van der Waals surface area contributed by atoms with Crippen LogP contribution in [-0.2, 0) is 13.0 Å². The number of amides is 2. The van der Waals surface area contributed by atoms with Gasteiger partial charge in [-0.1, -0.05) is 12.1 Å². The zero-order chi connectivity index (χ0) is 16.6. The summed E-state index contributed by atoms with van der Waals surface area (Å²) in [5.41, 5.74) is 7.67. The van der Waals surface area contributed by atoms with Crippen molar-refractivity contribution in [1.29, 1.82) is 0 Å². The van der Waals surface area contributed by atoms with Gasteiger partial charge in [-0.25, -0.2) is 4.98 Å². The van der Waals surface area contributed by atoms with Crippen molar-refractivity contribution in [3.8, 4) is 0 Å². The van der Waals surface area contributed by atoms with Gasteiger partial charge < -0.3 is 10.6 Å². The van der Waals surface area contributed by atoms with Gasteiger partial charge in [-0.2, -0.15) is 0 Å². The molecule has 3 rings (SSSR count). The number of nitrogens with two attached hydrogens (primary N) is 1. The van der Waals surface area contributed by atoms with E-state index < -0.39 is 5.91 Å². The van der Waals surface area contributed by atoms with Gasteiger partial charge in [0.1, 0.15) is 0 Å². The van der Waals surface area contributed by atoms with E-state index in [4.69, 9.17) is 5.73 Å². The number of likely N-dealkylation sites (N-methyl/N-ethyl adjacent to an activating group) is 1. The van der Waals surface area contributed by atoms with E-state index in [0.717, 1.165) is 25.2 Å². The number of nitrogens with zero attached hydrogens (tertiary/aromatic N) is 2. The third-order valence-electron chi connectivity index (χ3n) is 3.91. The Kier molecular flexibility index (Phi) is 4.14. The van der Waals surface area contributed by atoms with Gasteiger partial charge >= 0.3 is 0 Å². The number of benzene rings is 1. The van der Waals surface area contributed by atoms with Crippen molar-refractivity contribution in [3.05, 3.63) is 45.5 Å². The molecule has 0 radical (unpaired) electrons. The summed E-state index contributed by atoms with van der Waals surface area (Å²) in [5, 5.41) is 3.36. The summed E-state index contributed by atoms with van der Waals surface area (Å²) >= 11 is 1.48. The van der Waals surface area contributed by atoms with Crippen LogP contribution in [0.3, 0.4) is 0 Å². The number of aromatic nitrogens is 1. The maximum Gasteiger partial charge on any atom is 0.258 e. The summed E-state index contributed by atoms with van der Waals surface area (Å²) in [5.74, 6) is -0.963. The number of hydrogen-bond donors (Lipinski definition) is 2. The molecule has 1 aliphatic rings. The Morgan fingerprint density at radius 1 is 1.39 bits per heavy atom. The van der Waals surface area contributed by atoms with Crippen molar-refractivity contribution in [2.45, 2.75) is 19.9 Å². The quantitative estimate of drug-likeness (QED) is 0.898. The van der Waals surface area contributed by atoms with Gasteiger partial charge in [0.05, 0.1) is 16.8 Å². The second-order valence-corrected chi connectivity index (χ2v) is 6.78. The topological polar surface area (TPSA) is 88.3 Å². The van der Waals surface area contributed by atoms with Crippen LogP contribution in [0.4, 0.5) is 5.13 Å². The van der Waals surface area contributed by atoms with E-state index in [0.29, 0.717) is 10.7 Å². The number of fused-ring (bicyclic) bond motifs is 1. The van der Waals surface area contributed by atoms with Crippen LogP contribution in [-0.4, -0.2) is 35.3 Å². The SMILES string of the molecule is Cc1cccc(C(=O)Nc2nc3c(s2)CN(C)CC3)c1C(N)=O. The van der Waals surface area contributed by atoms with E-state index in [1.54, 1.807) is 25.1 Å². The van der Waals surface area contributed by atoms with E-state index in [-0.39, 0.29) is 17.0 Å². The first-order valence-electron chi connectivity index (χ1n) is 7.33. The minimum atomic E-state index is -0.603. The van der Waals surface area contributed by atoms with Crippen LogP contribution < -0.4 is 11.1 Å². The second kappa shape index (κ2) is 6.10. The summed E-state index contributed by atoms with van der Waals surface area (Å²) in [6, 6.07) is 5.09. The summed E-state index contributed by atoms with van der Waals surface area (Å²) in [7, 11) is 2.06. The van der Waals surface area contributed by atoms with Crippen LogP contribution in [0.15, 0.2) is 18.2 Å². The Hall–Kier alpha value is -2.25. The van der Waals surface area contributed by atoms with Gasteiger partial charge in [0.15, 0.2) is 5.13 Å². The number of aryl methyl sites for hydroxylation is 1. The van der Waals surface area contributed by atoms with Crippen molar-refractivity contribution >= 4 is 28.3 Å². The monoisotopic (exact) mass is 330 g/mol. The number of carbonyl (C=O) groups is 2. The Balaban J connectivity index is 1.86. The van der Waals surface area contributed by atoms with Crippen LogP contribution in [0.5, 0.6) is 0 Å². The van der Waals surface area contributed by atoms with Gasteiger partial charge in [-0.05, 0) is 25.6 Å². The molecule has 2 amide bonds. The number of carbonyl (C=O) groups excluding carboxylic acids is 2. The fourth-order valence-electron chi connectivity index (χ4n) is 2.73. The molecule has 2 aromatic rings. The standard InChI is InChI=1S/C16H18N4O2S/c1-9-4-3-5-10(13(9)14(17)21)15(22)19-16-18-11-6-7-20(2)8-12(11)23-16/h3-5H,6-8H2,1-2H3,(H2,17,21)(H,18,19,22). The molecule has 0 unspecified atom stereocenters. The molecule has 1 aromatic heterocycles.